The molecule has 442 valence electrons. The van der Waals surface area contributed by atoms with Crippen LogP contribution in [0.4, 0.5) is 0 Å². The number of unbranched alkanes of at least 4 members (excludes halogenated alkanes) is 39. The van der Waals surface area contributed by atoms with Gasteiger partial charge in [-0.05, 0) is 63.9 Å². The standard InChI is InChI=1S/C65H125N2O7P/c1-7-10-13-16-19-22-25-27-29-31-32-33-34-36-37-39-42-45-48-51-54-57-64(68)66-62(61-73-75(70,71)72-60-59-67(4,5)6)63(56-53-50-47-44-41-24-21-18-15-12-9-3)74-65(69)58-55-52-49-46-43-40-38-35-30-28-26-23-20-17-14-11-8-2/h19,22,27,29,53,56,62-63H,7-18,20-21,23-26,28,30-52,54-55,57-61H2,1-6H3,(H-,66,68,70,71)/b22-19-,29-27-,56-53+. The first-order chi connectivity index (χ1) is 36.4. The van der Waals surface area contributed by atoms with E-state index in [2.05, 4.69) is 50.4 Å². The Labute approximate surface area is 466 Å². The van der Waals surface area contributed by atoms with Crippen LogP contribution in [0.25, 0.3) is 0 Å². The van der Waals surface area contributed by atoms with E-state index in [-0.39, 0.29) is 31.5 Å². The molecule has 1 amide bonds. The number of esters is 1. The van der Waals surface area contributed by atoms with Gasteiger partial charge in [0.25, 0.3) is 7.82 Å². The van der Waals surface area contributed by atoms with Gasteiger partial charge in [-0.3, -0.25) is 14.2 Å². The van der Waals surface area contributed by atoms with Crippen LogP contribution < -0.4 is 10.2 Å². The molecule has 0 fully saturated rings. The molecule has 0 heterocycles. The van der Waals surface area contributed by atoms with Gasteiger partial charge in [-0.15, -0.1) is 0 Å². The van der Waals surface area contributed by atoms with Crippen LogP contribution in [0.15, 0.2) is 36.5 Å². The molecule has 3 unspecified atom stereocenters. The molecule has 0 aromatic heterocycles. The number of nitrogens with one attached hydrogen (secondary N) is 1. The largest absolute Gasteiger partial charge is 0.756 e. The number of nitrogens with zero attached hydrogens (tertiary/aromatic N) is 1. The number of carbonyl (C=O) groups excluding carboxylic acids is 2. The molecule has 0 bridgehead atoms. The second kappa shape index (κ2) is 55.5. The van der Waals surface area contributed by atoms with Gasteiger partial charge in [-0.25, -0.2) is 0 Å². The highest BCUT2D eigenvalue weighted by molar-refractivity contribution is 7.45. The van der Waals surface area contributed by atoms with E-state index in [1.165, 1.54) is 218 Å². The number of hydrogen-bond donors (Lipinski definition) is 1. The van der Waals surface area contributed by atoms with Gasteiger partial charge < -0.3 is 28.5 Å². The smallest absolute Gasteiger partial charge is 0.306 e. The second-order valence-corrected chi connectivity index (χ2v) is 24.7. The SMILES string of the molecule is CCCCC/C=C\C/C=C\CCCCCCCCCCCCCC(=O)NC(COP(=O)([O-])OCC[N+](C)(C)C)C(/C=C/CCCCCCCCCCC)OC(=O)CCCCCCCCCCCCCCCCCCC. The number of quaternary nitrogens is 1. The van der Waals surface area contributed by atoms with Gasteiger partial charge in [-0.2, -0.15) is 0 Å². The van der Waals surface area contributed by atoms with Crippen LogP contribution >= 0.6 is 7.82 Å². The summed E-state index contributed by atoms with van der Waals surface area (Å²) in [5.74, 6) is -0.529. The maximum absolute atomic E-state index is 13.5. The van der Waals surface area contributed by atoms with Crippen LogP contribution in [0, 0.1) is 0 Å². The summed E-state index contributed by atoms with van der Waals surface area (Å²) in [7, 11) is 1.20. The highest BCUT2D eigenvalue weighted by atomic mass is 31.2. The first-order valence-electron chi connectivity index (χ1n) is 32.3. The molecule has 0 aromatic carbocycles. The van der Waals surface area contributed by atoms with E-state index in [1.54, 1.807) is 0 Å². The average Bonchev–Trinajstić information content (AvgIpc) is 3.37. The fraction of sp³-hybridized carbons (Fsp3) is 0.877. The zero-order valence-corrected chi connectivity index (χ0v) is 51.4. The number of carbonyl (C=O) groups is 2. The van der Waals surface area contributed by atoms with Crippen molar-refractivity contribution < 1.29 is 37.3 Å². The second-order valence-electron chi connectivity index (χ2n) is 23.3. The molecule has 10 heteroatoms. The van der Waals surface area contributed by atoms with Crippen molar-refractivity contribution >= 4 is 19.7 Å². The summed E-state index contributed by atoms with van der Waals surface area (Å²) in [5, 5.41) is 3.04. The number of phosphoric acid groups is 1. The Morgan fingerprint density at radius 1 is 0.467 bits per heavy atom. The van der Waals surface area contributed by atoms with Gasteiger partial charge in [0.2, 0.25) is 5.91 Å². The van der Waals surface area contributed by atoms with Crippen LogP contribution in [-0.2, 0) is 27.9 Å². The van der Waals surface area contributed by atoms with Gasteiger partial charge in [0.05, 0.1) is 33.8 Å². The minimum absolute atomic E-state index is 0.0202. The highest BCUT2D eigenvalue weighted by Gasteiger charge is 2.27. The molecule has 0 spiro atoms. The normalized spacial score (nSPS) is 13.9. The summed E-state index contributed by atoms with van der Waals surface area (Å²) in [6, 6.07) is -0.885. The first kappa shape index (κ1) is 73.2. The monoisotopic (exact) mass is 1080 g/mol. The molecule has 75 heavy (non-hydrogen) atoms. The Balaban J connectivity index is 5.13. The molecule has 0 aliphatic heterocycles. The predicted octanol–water partition coefficient (Wildman–Crippen LogP) is 19.3. The Bertz CT molecular complexity index is 1380. The van der Waals surface area contributed by atoms with E-state index < -0.39 is 20.0 Å². The minimum Gasteiger partial charge on any atom is -0.756 e. The highest BCUT2D eigenvalue weighted by Crippen LogP contribution is 2.38. The third-order valence-electron chi connectivity index (χ3n) is 14.6. The molecule has 0 radical (unpaired) electrons. The molecule has 0 saturated heterocycles. The number of allylic oxidation sites excluding steroid dienone is 5. The zero-order valence-electron chi connectivity index (χ0n) is 50.5. The summed E-state index contributed by atoms with van der Waals surface area (Å²) >= 11 is 0. The van der Waals surface area contributed by atoms with E-state index in [4.69, 9.17) is 13.8 Å². The number of ether oxygens (including phenoxy) is 1. The van der Waals surface area contributed by atoms with Gasteiger partial charge >= 0.3 is 5.97 Å². The lowest BCUT2D eigenvalue weighted by Crippen LogP contribution is -2.47. The Hall–Kier alpha value is -1.77. The van der Waals surface area contributed by atoms with Crippen molar-refractivity contribution in [2.24, 2.45) is 0 Å². The zero-order chi connectivity index (χ0) is 55.0. The first-order valence-corrected chi connectivity index (χ1v) is 33.8. The molecular formula is C65H125N2O7P. The van der Waals surface area contributed by atoms with Crippen LogP contribution in [-0.4, -0.2) is 69.4 Å². The molecule has 9 nitrogen and oxygen atoms in total. The lowest BCUT2D eigenvalue weighted by atomic mass is 10.0. The quantitative estimate of drug-likeness (QED) is 0.0212. The average molecular weight is 1080 g/mol. The van der Waals surface area contributed by atoms with Gasteiger partial charge in [-0.1, -0.05) is 276 Å². The fourth-order valence-corrected chi connectivity index (χ4v) is 10.3. The predicted molar refractivity (Wildman–Crippen MR) is 321 cm³/mol. The van der Waals surface area contributed by atoms with Crippen LogP contribution in [0.1, 0.15) is 316 Å². The minimum atomic E-state index is -4.69. The van der Waals surface area contributed by atoms with Crippen molar-refractivity contribution in [1.29, 1.82) is 0 Å². The van der Waals surface area contributed by atoms with Crippen molar-refractivity contribution in [2.75, 3.05) is 40.9 Å². The number of hydrogen-bond acceptors (Lipinski definition) is 7. The van der Waals surface area contributed by atoms with E-state index >= 15 is 0 Å². The maximum atomic E-state index is 13.5. The van der Waals surface area contributed by atoms with Gasteiger partial charge in [0.1, 0.15) is 19.3 Å². The molecule has 0 aliphatic carbocycles. The lowest BCUT2D eigenvalue weighted by Gasteiger charge is -2.30. The number of phosphoric ester groups is 1. The molecule has 0 saturated carbocycles. The molecule has 0 aliphatic rings. The number of amides is 1. The molecule has 0 rings (SSSR count). The van der Waals surface area contributed by atoms with Crippen molar-refractivity contribution in [1.82, 2.24) is 5.32 Å². The molecule has 0 aromatic rings. The third kappa shape index (κ3) is 56.8. The Kier molecular flexibility index (Phi) is 54.2. The van der Waals surface area contributed by atoms with Crippen LogP contribution in [0.2, 0.25) is 0 Å². The van der Waals surface area contributed by atoms with Crippen molar-refractivity contribution in [3.05, 3.63) is 36.5 Å². The summed E-state index contributed by atoms with van der Waals surface area (Å²) in [5.41, 5.74) is 0. The van der Waals surface area contributed by atoms with Crippen LogP contribution in [0.3, 0.4) is 0 Å². The van der Waals surface area contributed by atoms with Crippen molar-refractivity contribution in [2.45, 2.75) is 328 Å². The number of likely N-dealkylation sites (N-methyl/N-ethyl adjacent to an activating group) is 1. The van der Waals surface area contributed by atoms with E-state index in [1.807, 2.05) is 33.3 Å². The summed E-state index contributed by atoms with van der Waals surface area (Å²) in [4.78, 5) is 40.0. The topological polar surface area (TPSA) is 114 Å². The lowest BCUT2D eigenvalue weighted by molar-refractivity contribution is -0.870. The van der Waals surface area contributed by atoms with Crippen molar-refractivity contribution in [3.63, 3.8) is 0 Å². The fourth-order valence-electron chi connectivity index (χ4n) is 9.55. The van der Waals surface area contributed by atoms with Gasteiger partial charge in [0, 0.05) is 12.8 Å². The van der Waals surface area contributed by atoms with E-state index in [0.717, 1.165) is 64.2 Å². The van der Waals surface area contributed by atoms with Gasteiger partial charge in [0.15, 0.2) is 0 Å². The molecule has 1 N–H and O–H groups in total. The molecular weight excluding hydrogens is 952 g/mol. The van der Waals surface area contributed by atoms with Crippen molar-refractivity contribution in [3.8, 4) is 0 Å². The molecule has 3 atom stereocenters. The van der Waals surface area contributed by atoms with Crippen LogP contribution in [0.5, 0.6) is 0 Å². The summed E-state index contributed by atoms with van der Waals surface area (Å²) in [6.45, 7) is 6.85. The maximum Gasteiger partial charge on any atom is 0.306 e. The summed E-state index contributed by atoms with van der Waals surface area (Å²) in [6.07, 6.45) is 66.8. The van der Waals surface area contributed by atoms with E-state index in [9.17, 15) is 19.0 Å². The number of rotatable bonds is 59. The third-order valence-corrected chi connectivity index (χ3v) is 15.5. The Morgan fingerprint density at radius 3 is 1.23 bits per heavy atom. The Morgan fingerprint density at radius 2 is 0.813 bits per heavy atom. The van der Waals surface area contributed by atoms with E-state index in [0.29, 0.717) is 17.4 Å². The summed E-state index contributed by atoms with van der Waals surface area (Å²) < 4.78 is 30.3.